The molecule has 2 fully saturated rings. The number of piperidine rings is 2. The summed E-state index contributed by atoms with van der Waals surface area (Å²) < 4.78 is 0. The van der Waals surface area contributed by atoms with Crippen molar-refractivity contribution in [2.75, 3.05) is 33.2 Å². The third-order valence-electron chi connectivity index (χ3n) is 7.04. The van der Waals surface area contributed by atoms with E-state index >= 15 is 0 Å². The van der Waals surface area contributed by atoms with Crippen LogP contribution in [0.4, 0.5) is 0 Å². The Kier molecular flexibility index (Phi) is 6.12. The van der Waals surface area contributed by atoms with Crippen LogP contribution < -0.4 is 0 Å². The van der Waals surface area contributed by atoms with Gasteiger partial charge in [0.25, 0.3) is 0 Å². The van der Waals surface area contributed by atoms with Crippen molar-refractivity contribution in [3.8, 4) is 10.4 Å². The number of carbonyl (C=O) groups is 1. The molecule has 2 saturated heterocycles. The van der Waals surface area contributed by atoms with Crippen LogP contribution in [-0.2, 0) is 11.2 Å². The molecule has 0 radical (unpaired) electrons. The molecule has 4 heterocycles. The number of nitrogens with zero attached hydrogens (tertiary/aromatic N) is 4. The highest BCUT2D eigenvalue weighted by molar-refractivity contribution is 7.13. The smallest absolute Gasteiger partial charge is 0.142 e. The Hall–Kier alpha value is -2.15. The number of hydrogen-bond donors (Lipinski definition) is 0. The molecule has 3 aromatic rings. The molecule has 0 aliphatic carbocycles. The van der Waals surface area contributed by atoms with Crippen molar-refractivity contribution in [3.05, 3.63) is 47.9 Å². The van der Waals surface area contributed by atoms with E-state index in [0.29, 0.717) is 18.2 Å². The van der Waals surface area contributed by atoms with Gasteiger partial charge in [-0.15, -0.1) is 11.3 Å². The van der Waals surface area contributed by atoms with Crippen LogP contribution in [0.3, 0.4) is 0 Å². The molecule has 0 bridgehead atoms. The first-order chi connectivity index (χ1) is 15.2. The average Bonchev–Trinajstić information content (AvgIpc) is 3.34. The molecule has 0 spiro atoms. The summed E-state index contributed by atoms with van der Waals surface area (Å²) in [5.41, 5.74) is 3.91. The third-order valence-corrected chi connectivity index (χ3v) is 7.86. The molecule has 2 aromatic heterocycles. The van der Waals surface area contributed by atoms with Crippen LogP contribution in [-0.4, -0.2) is 64.8 Å². The second-order valence-electron chi connectivity index (χ2n) is 9.09. The first kappa shape index (κ1) is 20.7. The van der Waals surface area contributed by atoms with E-state index in [-0.39, 0.29) is 5.92 Å². The number of rotatable bonds is 5. The molecule has 0 saturated carbocycles. The number of Topliss-reactive ketones (excluding diaryl/α,β-unsaturated/α-hetero) is 1. The number of benzene rings is 1. The van der Waals surface area contributed by atoms with Crippen LogP contribution in [0.5, 0.6) is 0 Å². The van der Waals surface area contributed by atoms with E-state index in [1.807, 2.05) is 17.9 Å². The maximum absolute atomic E-state index is 13.0. The molecule has 5 rings (SSSR count). The van der Waals surface area contributed by atoms with Crippen molar-refractivity contribution in [2.45, 2.75) is 38.1 Å². The lowest BCUT2D eigenvalue weighted by molar-refractivity contribution is -0.124. The van der Waals surface area contributed by atoms with Gasteiger partial charge in [-0.3, -0.25) is 14.8 Å². The fourth-order valence-corrected chi connectivity index (χ4v) is 5.68. The highest BCUT2D eigenvalue weighted by atomic mass is 32.1. The van der Waals surface area contributed by atoms with E-state index < -0.39 is 0 Å². The van der Waals surface area contributed by atoms with E-state index in [2.05, 4.69) is 51.1 Å². The van der Waals surface area contributed by atoms with Crippen LogP contribution >= 0.6 is 11.3 Å². The Labute approximate surface area is 188 Å². The lowest BCUT2D eigenvalue weighted by atomic mass is 9.88. The molecule has 0 N–H and O–H groups in total. The SMILES string of the molecule is CN1CCC(N2CCC(C(=O)Cc3cc4cc(-c5cncs5)ccc4cn3)CC2)CC1. The van der Waals surface area contributed by atoms with Crippen LogP contribution in [0.1, 0.15) is 31.4 Å². The van der Waals surface area contributed by atoms with Crippen molar-refractivity contribution in [1.29, 1.82) is 0 Å². The molecule has 1 aromatic carbocycles. The highest BCUT2D eigenvalue weighted by Crippen LogP contribution is 2.28. The number of hydrogen-bond acceptors (Lipinski definition) is 6. The summed E-state index contributed by atoms with van der Waals surface area (Å²) >= 11 is 1.64. The number of fused-ring (bicyclic) bond motifs is 1. The van der Waals surface area contributed by atoms with E-state index in [9.17, 15) is 4.79 Å². The molecule has 0 atom stereocenters. The summed E-state index contributed by atoms with van der Waals surface area (Å²) in [5, 5.41) is 2.25. The Morgan fingerprint density at radius 2 is 1.84 bits per heavy atom. The normalized spacial score (nSPS) is 19.8. The molecular weight excluding hydrogens is 404 g/mol. The molecular formula is C25H30N4OS. The van der Waals surface area contributed by atoms with Crippen LogP contribution in [0.15, 0.2) is 42.2 Å². The molecule has 6 heteroatoms. The number of carbonyl (C=O) groups excluding carboxylic acids is 1. The zero-order valence-electron chi connectivity index (χ0n) is 18.2. The Bertz CT molecular complexity index is 1030. The lowest BCUT2D eigenvalue weighted by Crippen LogP contribution is -2.47. The molecule has 5 nitrogen and oxygen atoms in total. The van der Waals surface area contributed by atoms with Gasteiger partial charge in [0.2, 0.25) is 0 Å². The number of ketones is 1. The fraction of sp³-hybridized carbons (Fsp3) is 0.480. The minimum atomic E-state index is 0.184. The zero-order valence-corrected chi connectivity index (χ0v) is 19.0. The van der Waals surface area contributed by atoms with Crippen molar-refractivity contribution in [1.82, 2.24) is 19.8 Å². The maximum Gasteiger partial charge on any atom is 0.142 e. The largest absolute Gasteiger partial charge is 0.306 e. The predicted octanol–water partition coefficient (Wildman–Crippen LogP) is 4.28. The average molecular weight is 435 g/mol. The van der Waals surface area contributed by atoms with E-state index in [1.165, 1.54) is 31.5 Å². The van der Waals surface area contributed by atoms with Gasteiger partial charge in [-0.25, -0.2) is 0 Å². The minimum Gasteiger partial charge on any atom is -0.306 e. The standard InChI is InChI=1S/C25H30N4OS/c1-28-8-6-23(7-9-28)29-10-4-18(5-11-29)24(30)14-22-13-21-12-19(25-16-26-17-31-25)2-3-20(21)15-27-22/h2-3,12-13,15-18,23H,4-11,14H2,1H3. The first-order valence-corrected chi connectivity index (χ1v) is 12.3. The second kappa shape index (κ2) is 9.15. The summed E-state index contributed by atoms with van der Waals surface area (Å²) in [6, 6.07) is 9.19. The van der Waals surface area contributed by atoms with Gasteiger partial charge < -0.3 is 9.80 Å². The van der Waals surface area contributed by atoms with E-state index in [4.69, 9.17) is 0 Å². The van der Waals surface area contributed by atoms with Gasteiger partial charge in [0, 0.05) is 41.9 Å². The van der Waals surface area contributed by atoms with Crippen LogP contribution in [0.2, 0.25) is 0 Å². The Morgan fingerprint density at radius 3 is 2.58 bits per heavy atom. The van der Waals surface area contributed by atoms with Gasteiger partial charge in [0.1, 0.15) is 5.78 Å². The Morgan fingerprint density at radius 1 is 1.03 bits per heavy atom. The predicted molar refractivity (Wildman–Crippen MR) is 126 cm³/mol. The molecule has 162 valence electrons. The molecule has 2 aliphatic rings. The molecule has 0 unspecified atom stereocenters. The monoisotopic (exact) mass is 434 g/mol. The van der Waals surface area contributed by atoms with E-state index in [0.717, 1.165) is 47.3 Å². The second-order valence-corrected chi connectivity index (χ2v) is 9.98. The summed E-state index contributed by atoms with van der Waals surface area (Å²) in [5.74, 6) is 0.539. The van der Waals surface area contributed by atoms with Gasteiger partial charge in [0.15, 0.2) is 0 Å². The summed E-state index contributed by atoms with van der Waals surface area (Å²) in [6.45, 7) is 4.52. The summed E-state index contributed by atoms with van der Waals surface area (Å²) in [4.78, 5) is 28.0. The highest BCUT2D eigenvalue weighted by Gasteiger charge is 2.30. The number of aromatic nitrogens is 2. The lowest BCUT2D eigenvalue weighted by Gasteiger charge is -2.40. The van der Waals surface area contributed by atoms with Crippen molar-refractivity contribution in [2.24, 2.45) is 5.92 Å². The van der Waals surface area contributed by atoms with Gasteiger partial charge >= 0.3 is 0 Å². The molecule has 2 aliphatic heterocycles. The molecule has 31 heavy (non-hydrogen) atoms. The van der Waals surface area contributed by atoms with Crippen molar-refractivity contribution < 1.29 is 4.79 Å². The van der Waals surface area contributed by atoms with Crippen LogP contribution in [0.25, 0.3) is 21.2 Å². The van der Waals surface area contributed by atoms with Gasteiger partial charge in [0.05, 0.1) is 10.4 Å². The quantitative estimate of drug-likeness (QED) is 0.600. The molecule has 0 amide bonds. The third kappa shape index (κ3) is 4.71. The fourth-order valence-electron chi connectivity index (χ4n) is 5.06. The van der Waals surface area contributed by atoms with Gasteiger partial charge in [-0.05, 0) is 82.0 Å². The topological polar surface area (TPSA) is 49.3 Å². The first-order valence-electron chi connectivity index (χ1n) is 11.4. The van der Waals surface area contributed by atoms with E-state index in [1.54, 1.807) is 11.3 Å². The summed E-state index contributed by atoms with van der Waals surface area (Å²) in [7, 11) is 2.21. The number of likely N-dealkylation sites (tertiary alicyclic amines) is 2. The Balaban J connectivity index is 1.21. The number of pyridine rings is 1. The summed E-state index contributed by atoms with van der Waals surface area (Å²) in [6.07, 6.45) is 8.76. The van der Waals surface area contributed by atoms with Crippen LogP contribution in [0, 0.1) is 5.92 Å². The zero-order chi connectivity index (χ0) is 21.2. The van der Waals surface area contributed by atoms with Gasteiger partial charge in [-0.2, -0.15) is 0 Å². The number of thiazole rings is 1. The van der Waals surface area contributed by atoms with Crippen molar-refractivity contribution >= 4 is 27.9 Å². The van der Waals surface area contributed by atoms with Crippen molar-refractivity contribution in [3.63, 3.8) is 0 Å². The van der Waals surface area contributed by atoms with Gasteiger partial charge in [-0.1, -0.05) is 12.1 Å². The minimum absolute atomic E-state index is 0.184. The maximum atomic E-state index is 13.0.